The second kappa shape index (κ2) is 7.54. The van der Waals surface area contributed by atoms with Gasteiger partial charge >= 0.3 is 0 Å². The molecule has 0 aromatic heterocycles. The zero-order valence-corrected chi connectivity index (χ0v) is 11.4. The van der Waals surface area contributed by atoms with Crippen molar-refractivity contribution in [3.63, 3.8) is 0 Å². The van der Waals surface area contributed by atoms with Crippen LogP contribution in [0, 0.1) is 5.92 Å². The molecule has 0 heterocycles. The van der Waals surface area contributed by atoms with Gasteiger partial charge in [0.1, 0.15) is 0 Å². The molecule has 0 radical (unpaired) electrons. The summed E-state index contributed by atoms with van der Waals surface area (Å²) in [6.07, 6.45) is 6.63. The highest BCUT2D eigenvalue weighted by Crippen LogP contribution is 2.33. The Morgan fingerprint density at radius 1 is 1.50 bits per heavy atom. The third-order valence-corrected chi connectivity index (χ3v) is 3.80. The summed E-state index contributed by atoms with van der Waals surface area (Å²) in [7, 11) is 0. The number of carbonyl (C=O) groups excluding carboxylic acids is 1. The van der Waals surface area contributed by atoms with Crippen molar-refractivity contribution in [2.75, 3.05) is 19.6 Å². The maximum atomic E-state index is 11.5. The van der Waals surface area contributed by atoms with Crippen molar-refractivity contribution in [2.45, 2.75) is 44.6 Å². The summed E-state index contributed by atoms with van der Waals surface area (Å²) < 4.78 is 0. The van der Waals surface area contributed by atoms with Gasteiger partial charge in [0.2, 0.25) is 5.91 Å². The van der Waals surface area contributed by atoms with E-state index in [4.69, 9.17) is 0 Å². The standard InChI is InChI=1S/C14H26N2O2/c1-3-9-15-10-13(17)16-11-14(18)7-5-12(4-2)6-8-14/h3,12,15,18H,1,4-11H2,2H3,(H,16,17). The normalized spacial score (nSPS) is 27.8. The van der Waals surface area contributed by atoms with Crippen LogP contribution in [0.2, 0.25) is 0 Å². The quantitative estimate of drug-likeness (QED) is 0.473. The molecule has 0 spiro atoms. The fourth-order valence-corrected chi connectivity index (χ4v) is 2.41. The van der Waals surface area contributed by atoms with Crippen LogP contribution in [0.1, 0.15) is 39.0 Å². The third-order valence-electron chi connectivity index (χ3n) is 3.80. The summed E-state index contributed by atoms with van der Waals surface area (Å²) in [6.45, 7) is 7.04. The first-order valence-electron chi connectivity index (χ1n) is 6.90. The van der Waals surface area contributed by atoms with Gasteiger partial charge in [0.25, 0.3) is 0 Å². The molecule has 0 unspecified atom stereocenters. The van der Waals surface area contributed by atoms with Crippen molar-refractivity contribution in [3.05, 3.63) is 12.7 Å². The Hall–Kier alpha value is -0.870. The maximum Gasteiger partial charge on any atom is 0.234 e. The second-order valence-corrected chi connectivity index (χ2v) is 5.27. The highest BCUT2D eigenvalue weighted by atomic mass is 16.3. The van der Waals surface area contributed by atoms with Crippen LogP contribution in [0.3, 0.4) is 0 Å². The number of aliphatic hydroxyl groups is 1. The number of carbonyl (C=O) groups is 1. The number of rotatable bonds is 7. The number of nitrogens with one attached hydrogen (secondary N) is 2. The van der Waals surface area contributed by atoms with Crippen LogP contribution in [-0.4, -0.2) is 36.2 Å². The van der Waals surface area contributed by atoms with Crippen LogP contribution in [-0.2, 0) is 4.79 Å². The fraction of sp³-hybridized carbons (Fsp3) is 0.786. The van der Waals surface area contributed by atoms with Crippen LogP contribution in [0.25, 0.3) is 0 Å². The zero-order valence-electron chi connectivity index (χ0n) is 11.4. The molecule has 1 aliphatic rings. The van der Waals surface area contributed by atoms with Gasteiger partial charge in [-0.3, -0.25) is 4.79 Å². The second-order valence-electron chi connectivity index (χ2n) is 5.27. The SMILES string of the molecule is C=CCNCC(=O)NCC1(O)CCC(CC)CC1. The lowest BCUT2D eigenvalue weighted by molar-refractivity contribution is -0.122. The lowest BCUT2D eigenvalue weighted by Crippen LogP contribution is -2.47. The summed E-state index contributed by atoms with van der Waals surface area (Å²) in [5, 5.41) is 16.1. The molecular formula is C14H26N2O2. The van der Waals surface area contributed by atoms with Crippen LogP contribution in [0.4, 0.5) is 0 Å². The van der Waals surface area contributed by atoms with Gasteiger partial charge in [0.05, 0.1) is 12.1 Å². The molecular weight excluding hydrogens is 228 g/mol. The van der Waals surface area contributed by atoms with Crippen LogP contribution in [0.5, 0.6) is 0 Å². The Bertz CT molecular complexity index is 271. The summed E-state index contributed by atoms with van der Waals surface area (Å²) in [4.78, 5) is 11.5. The number of hydrogen-bond donors (Lipinski definition) is 3. The van der Waals surface area contributed by atoms with Crippen LogP contribution in [0.15, 0.2) is 12.7 Å². The van der Waals surface area contributed by atoms with Crippen molar-refractivity contribution >= 4 is 5.91 Å². The van der Waals surface area contributed by atoms with Crippen molar-refractivity contribution in [3.8, 4) is 0 Å². The molecule has 0 atom stereocenters. The molecule has 0 aliphatic heterocycles. The average Bonchev–Trinajstić information content (AvgIpc) is 2.38. The first-order valence-corrected chi connectivity index (χ1v) is 6.90. The lowest BCUT2D eigenvalue weighted by atomic mass is 9.78. The van der Waals surface area contributed by atoms with E-state index in [1.165, 1.54) is 6.42 Å². The van der Waals surface area contributed by atoms with Gasteiger partial charge in [-0.15, -0.1) is 6.58 Å². The van der Waals surface area contributed by atoms with Crippen LogP contribution >= 0.6 is 0 Å². The third kappa shape index (κ3) is 5.19. The van der Waals surface area contributed by atoms with Gasteiger partial charge in [-0.25, -0.2) is 0 Å². The summed E-state index contributed by atoms with van der Waals surface area (Å²) in [5.41, 5.74) is -0.695. The first kappa shape index (κ1) is 15.2. The highest BCUT2D eigenvalue weighted by molar-refractivity contribution is 5.78. The minimum atomic E-state index is -0.695. The Morgan fingerprint density at radius 2 is 2.17 bits per heavy atom. The molecule has 1 amide bonds. The monoisotopic (exact) mass is 254 g/mol. The van der Waals surface area contributed by atoms with E-state index in [9.17, 15) is 9.90 Å². The highest BCUT2D eigenvalue weighted by Gasteiger charge is 2.32. The topological polar surface area (TPSA) is 61.4 Å². The first-order chi connectivity index (χ1) is 8.59. The number of amides is 1. The molecule has 1 saturated carbocycles. The van der Waals surface area contributed by atoms with E-state index in [-0.39, 0.29) is 12.5 Å². The van der Waals surface area contributed by atoms with E-state index in [0.717, 1.165) is 31.6 Å². The maximum absolute atomic E-state index is 11.5. The van der Waals surface area contributed by atoms with Gasteiger partial charge in [0, 0.05) is 13.1 Å². The summed E-state index contributed by atoms with van der Waals surface area (Å²) in [5.74, 6) is 0.679. The zero-order chi connectivity index (χ0) is 13.4. The van der Waals surface area contributed by atoms with E-state index < -0.39 is 5.60 Å². The van der Waals surface area contributed by atoms with Gasteiger partial charge in [-0.2, -0.15) is 0 Å². The summed E-state index contributed by atoms with van der Waals surface area (Å²) in [6, 6.07) is 0. The van der Waals surface area contributed by atoms with Crippen LogP contribution < -0.4 is 10.6 Å². The Labute approximate surface area is 110 Å². The predicted octanol–water partition coefficient (Wildman–Crippen LogP) is 1.21. The smallest absolute Gasteiger partial charge is 0.234 e. The minimum Gasteiger partial charge on any atom is -0.388 e. The molecule has 0 aromatic carbocycles. The van der Waals surface area contributed by atoms with Crippen molar-refractivity contribution in [1.82, 2.24) is 10.6 Å². The van der Waals surface area contributed by atoms with Gasteiger partial charge < -0.3 is 15.7 Å². The molecule has 104 valence electrons. The van der Waals surface area contributed by atoms with Crippen molar-refractivity contribution in [2.24, 2.45) is 5.92 Å². The van der Waals surface area contributed by atoms with Gasteiger partial charge in [-0.05, 0) is 31.6 Å². The summed E-state index contributed by atoms with van der Waals surface area (Å²) >= 11 is 0. The number of hydrogen-bond acceptors (Lipinski definition) is 3. The Kier molecular flexibility index (Phi) is 6.36. The minimum absolute atomic E-state index is 0.0668. The molecule has 1 fully saturated rings. The largest absolute Gasteiger partial charge is 0.388 e. The van der Waals surface area contributed by atoms with Gasteiger partial charge in [-0.1, -0.05) is 19.4 Å². The molecule has 4 heteroatoms. The molecule has 1 aliphatic carbocycles. The molecule has 1 rings (SSSR count). The van der Waals surface area contributed by atoms with Crippen molar-refractivity contribution < 1.29 is 9.90 Å². The van der Waals surface area contributed by atoms with E-state index in [0.29, 0.717) is 13.1 Å². The molecule has 3 N–H and O–H groups in total. The van der Waals surface area contributed by atoms with E-state index >= 15 is 0 Å². The molecule has 4 nitrogen and oxygen atoms in total. The average molecular weight is 254 g/mol. The predicted molar refractivity (Wildman–Crippen MR) is 73.3 cm³/mol. The van der Waals surface area contributed by atoms with Gasteiger partial charge in [0.15, 0.2) is 0 Å². The van der Waals surface area contributed by atoms with E-state index in [1.54, 1.807) is 6.08 Å². The fourth-order valence-electron chi connectivity index (χ4n) is 2.41. The Balaban J connectivity index is 2.21. The molecule has 0 aromatic rings. The molecule has 18 heavy (non-hydrogen) atoms. The van der Waals surface area contributed by atoms with E-state index in [1.807, 2.05) is 0 Å². The van der Waals surface area contributed by atoms with E-state index in [2.05, 4.69) is 24.1 Å². The molecule has 0 saturated heterocycles. The molecule has 0 bridgehead atoms. The van der Waals surface area contributed by atoms with Crippen molar-refractivity contribution in [1.29, 1.82) is 0 Å². The lowest BCUT2D eigenvalue weighted by Gasteiger charge is -2.35. The Morgan fingerprint density at radius 3 is 2.72 bits per heavy atom.